The molecule has 1 aromatic rings. The quantitative estimate of drug-likeness (QED) is 0.695. The van der Waals surface area contributed by atoms with Gasteiger partial charge in [-0.25, -0.2) is 0 Å². The third kappa shape index (κ3) is 5.21. The van der Waals surface area contributed by atoms with Crippen molar-refractivity contribution < 1.29 is 32.2 Å². The molecule has 10 heteroatoms. The van der Waals surface area contributed by atoms with Crippen LogP contribution in [0.25, 0.3) is 0 Å². The first kappa shape index (κ1) is 20.6. The number of rotatable bonds is 5. The minimum atomic E-state index is -4.41. The number of amides is 2. The summed E-state index contributed by atoms with van der Waals surface area (Å²) in [6, 6.07) is 3.25. The molecule has 2 amide bonds. The van der Waals surface area contributed by atoms with Crippen LogP contribution >= 0.6 is 0 Å². The lowest BCUT2D eigenvalue weighted by Crippen LogP contribution is -2.62. The van der Waals surface area contributed by atoms with Gasteiger partial charge in [-0.3, -0.25) is 14.9 Å². The molecule has 4 unspecified atom stereocenters. The zero-order valence-corrected chi connectivity index (χ0v) is 15.2. The lowest BCUT2D eigenvalue weighted by Gasteiger charge is -2.32. The second-order valence-electron chi connectivity index (χ2n) is 6.84. The van der Waals surface area contributed by atoms with Crippen LogP contribution < -0.4 is 16.0 Å². The van der Waals surface area contributed by atoms with E-state index in [4.69, 9.17) is 9.47 Å². The molecule has 154 valence electrons. The molecule has 1 aromatic carbocycles. The van der Waals surface area contributed by atoms with E-state index in [0.717, 1.165) is 12.1 Å². The molecule has 2 aliphatic heterocycles. The summed E-state index contributed by atoms with van der Waals surface area (Å²) in [5.74, 6) is -0.761. The van der Waals surface area contributed by atoms with Gasteiger partial charge in [0.25, 0.3) is 0 Å². The van der Waals surface area contributed by atoms with Gasteiger partial charge in [-0.2, -0.15) is 13.2 Å². The van der Waals surface area contributed by atoms with E-state index in [9.17, 15) is 22.8 Å². The van der Waals surface area contributed by atoms with E-state index in [1.807, 2.05) is 0 Å². The molecule has 0 bridgehead atoms. The molecule has 0 aliphatic carbocycles. The zero-order valence-electron chi connectivity index (χ0n) is 15.2. The maximum atomic E-state index is 12.7. The molecule has 7 nitrogen and oxygen atoms in total. The summed E-state index contributed by atoms with van der Waals surface area (Å²) >= 11 is 0. The number of halogens is 3. The molecular weight excluding hydrogens is 379 g/mol. The predicted octanol–water partition coefficient (Wildman–Crippen LogP) is 1.45. The van der Waals surface area contributed by atoms with Crippen LogP contribution in [0.4, 0.5) is 13.2 Å². The first-order chi connectivity index (χ1) is 13.2. The van der Waals surface area contributed by atoms with Gasteiger partial charge >= 0.3 is 6.18 Å². The largest absolute Gasteiger partial charge is 0.416 e. The van der Waals surface area contributed by atoms with Gasteiger partial charge in [0.05, 0.1) is 36.8 Å². The highest BCUT2D eigenvalue weighted by atomic mass is 19.4. The minimum absolute atomic E-state index is 0.0629. The van der Waals surface area contributed by atoms with Crippen molar-refractivity contribution in [2.24, 2.45) is 0 Å². The van der Waals surface area contributed by atoms with E-state index >= 15 is 0 Å². The Hall–Kier alpha value is -2.17. The molecule has 3 N–H and O–H groups in total. The van der Waals surface area contributed by atoms with Gasteiger partial charge in [-0.05, 0) is 31.0 Å². The Balaban J connectivity index is 1.57. The Morgan fingerprint density at radius 3 is 2.64 bits per heavy atom. The molecule has 0 radical (unpaired) electrons. The summed E-state index contributed by atoms with van der Waals surface area (Å²) in [7, 11) is 0. The van der Waals surface area contributed by atoms with Gasteiger partial charge in [0, 0.05) is 6.61 Å². The zero-order chi connectivity index (χ0) is 20.3. The highest BCUT2D eigenvalue weighted by Crippen LogP contribution is 2.29. The smallest absolute Gasteiger partial charge is 0.379 e. The Bertz CT molecular complexity index is 705. The lowest BCUT2D eigenvalue weighted by molar-refractivity contribution is -0.142. The van der Waals surface area contributed by atoms with Crippen molar-refractivity contribution in [3.8, 4) is 0 Å². The SMILES string of the molecule is CC(NC(=O)C1CC(=O)NC(OC2CCOC2)N1)c1ccc(C(F)(F)F)cc1. The Labute approximate surface area is 159 Å². The number of carbonyl (C=O) groups excluding carboxylic acids is 2. The third-order valence-corrected chi connectivity index (χ3v) is 4.66. The topological polar surface area (TPSA) is 88.7 Å². The third-order valence-electron chi connectivity index (χ3n) is 4.66. The van der Waals surface area contributed by atoms with Crippen LogP contribution in [0.3, 0.4) is 0 Å². The van der Waals surface area contributed by atoms with E-state index < -0.39 is 36.1 Å². The van der Waals surface area contributed by atoms with Crippen LogP contribution in [-0.2, 0) is 25.2 Å². The van der Waals surface area contributed by atoms with Gasteiger partial charge in [-0.15, -0.1) is 0 Å². The van der Waals surface area contributed by atoms with Crippen LogP contribution in [0.1, 0.15) is 36.9 Å². The molecular formula is C18H22F3N3O4. The van der Waals surface area contributed by atoms with Crippen LogP contribution in [-0.4, -0.2) is 43.5 Å². The monoisotopic (exact) mass is 401 g/mol. The minimum Gasteiger partial charge on any atom is -0.379 e. The fourth-order valence-electron chi connectivity index (χ4n) is 3.09. The molecule has 3 rings (SSSR count). The standard InChI is InChI=1S/C18H22F3N3O4/c1-10(11-2-4-12(5-3-11)18(19,20)21)22-16(26)14-8-15(25)24-17(23-14)28-13-6-7-27-9-13/h2-5,10,13-14,17,23H,6-9H2,1H3,(H,22,26)(H,24,25). The van der Waals surface area contributed by atoms with E-state index in [1.54, 1.807) is 6.92 Å². The first-order valence-corrected chi connectivity index (χ1v) is 8.98. The van der Waals surface area contributed by atoms with Gasteiger partial charge < -0.3 is 20.1 Å². The summed E-state index contributed by atoms with van der Waals surface area (Å²) in [4.78, 5) is 24.4. The van der Waals surface area contributed by atoms with Crippen molar-refractivity contribution in [2.75, 3.05) is 13.2 Å². The highest BCUT2D eigenvalue weighted by Gasteiger charge is 2.34. The second-order valence-corrected chi connectivity index (χ2v) is 6.84. The normalized spacial score (nSPS) is 26.6. The van der Waals surface area contributed by atoms with Crippen molar-refractivity contribution >= 4 is 11.8 Å². The van der Waals surface area contributed by atoms with Crippen LogP contribution in [0, 0.1) is 0 Å². The molecule has 0 saturated carbocycles. The maximum absolute atomic E-state index is 12.7. The Morgan fingerprint density at radius 1 is 1.32 bits per heavy atom. The molecule has 2 aliphatic rings. The first-order valence-electron chi connectivity index (χ1n) is 8.98. The Kier molecular flexibility index (Phi) is 6.21. The number of alkyl halides is 3. The van der Waals surface area contributed by atoms with Crippen molar-refractivity contribution in [2.45, 2.75) is 50.5 Å². The van der Waals surface area contributed by atoms with Gasteiger partial charge in [0.15, 0.2) is 6.35 Å². The summed E-state index contributed by atoms with van der Waals surface area (Å²) < 4.78 is 48.9. The summed E-state index contributed by atoms with van der Waals surface area (Å²) in [6.45, 7) is 2.67. The van der Waals surface area contributed by atoms with Gasteiger partial charge in [-0.1, -0.05) is 12.1 Å². The second kappa shape index (κ2) is 8.46. The summed E-state index contributed by atoms with van der Waals surface area (Å²) in [6.07, 6.45) is -4.73. The van der Waals surface area contributed by atoms with E-state index in [0.29, 0.717) is 25.2 Å². The van der Waals surface area contributed by atoms with E-state index in [2.05, 4.69) is 16.0 Å². The number of nitrogens with one attached hydrogen (secondary N) is 3. The maximum Gasteiger partial charge on any atom is 0.416 e. The molecule has 2 fully saturated rings. The number of carbonyl (C=O) groups is 2. The average molecular weight is 401 g/mol. The molecule has 0 spiro atoms. The molecule has 2 saturated heterocycles. The predicted molar refractivity (Wildman–Crippen MR) is 91.8 cm³/mol. The van der Waals surface area contributed by atoms with Crippen LogP contribution in [0.2, 0.25) is 0 Å². The van der Waals surface area contributed by atoms with E-state index in [-0.39, 0.29) is 18.4 Å². The highest BCUT2D eigenvalue weighted by molar-refractivity contribution is 5.89. The summed E-state index contributed by atoms with van der Waals surface area (Å²) in [5.41, 5.74) is -0.228. The molecule has 4 atom stereocenters. The number of hydrogen-bond acceptors (Lipinski definition) is 5. The Morgan fingerprint density at radius 2 is 2.04 bits per heavy atom. The van der Waals surface area contributed by atoms with Crippen molar-refractivity contribution in [1.82, 2.24) is 16.0 Å². The van der Waals surface area contributed by atoms with Crippen molar-refractivity contribution in [3.05, 3.63) is 35.4 Å². The fourth-order valence-corrected chi connectivity index (χ4v) is 3.09. The molecule has 28 heavy (non-hydrogen) atoms. The number of benzene rings is 1. The van der Waals surface area contributed by atoms with Crippen molar-refractivity contribution in [3.63, 3.8) is 0 Å². The number of ether oxygens (including phenoxy) is 2. The average Bonchev–Trinajstić information content (AvgIpc) is 3.13. The van der Waals surface area contributed by atoms with Crippen LogP contribution in [0.5, 0.6) is 0 Å². The molecule has 0 aromatic heterocycles. The van der Waals surface area contributed by atoms with Gasteiger partial charge in [0.2, 0.25) is 11.8 Å². The van der Waals surface area contributed by atoms with Gasteiger partial charge in [0.1, 0.15) is 0 Å². The lowest BCUT2D eigenvalue weighted by atomic mass is 10.0. The van der Waals surface area contributed by atoms with Crippen LogP contribution in [0.15, 0.2) is 24.3 Å². The van der Waals surface area contributed by atoms with Crippen molar-refractivity contribution in [1.29, 1.82) is 0 Å². The molecule has 2 heterocycles. The fraction of sp³-hybridized carbons (Fsp3) is 0.556. The van der Waals surface area contributed by atoms with E-state index in [1.165, 1.54) is 12.1 Å². The summed E-state index contributed by atoms with van der Waals surface area (Å²) in [5, 5.41) is 8.26. The number of hydrogen-bond donors (Lipinski definition) is 3.